The molecular weight excluding hydrogens is 264 g/mol. The maximum absolute atomic E-state index is 12.0. The Kier molecular flexibility index (Phi) is 5.07. The fourth-order valence-electron chi connectivity index (χ4n) is 1.52. The van der Waals surface area contributed by atoms with E-state index in [1.807, 2.05) is 0 Å². The highest BCUT2D eigenvalue weighted by molar-refractivity contribution is 5.93. The Labute approximate surface area is 117 Å². The quantitative estimate of drug-likeness (QED) is 0.443. The molecule has 0 unspecified atom stereocenters. The molecule has 1 rings (SSSR count). The van der Waals surface area contributed by atoms with E-state index in [1.54, 1.807) is 0 Å². The third kappa shape index (κ3) is 3.69. The normalized spacial score (nSPS) is 17.4. The molecule has 0 aromatic carbocycles. The maximum Gasteiger partial charge on any atom is 0.393 e. The molecule has 1 fully saturated rings. The molecule has 110 valence electrons. The van der Waals surface area contributed by atoms with Gasteiger partial charge in [0, 0.05) is 17.6 Å². The van der Waals surface area contributed by atoms with E-state index in [2.05, 4.69) is 13.2 Å². The van der Waals surface area contributed by atoms with Gasteiger partial charge in [0.15, 0.2) is 0 Å². The van der Waals surface area contributed by atoms with Crippen LogP contribution in [-0.2, 0) is 28.6 Å². The molecule has 1 aliphatic rings. The average Bonchev–Trinajstić information content (AvgIpc) is 2.52. The molecule has 6 nitrogen and oxygen atoms in total. The molecule has 1 heterocycles. The summed E-state index contributed by atoms with van der Waals surface area (Å²) in [6.07, 6.45) is 1.16. The lowest BCUT2D eigenvalue weighted by Gasteiger charge is -2.28. The van der Waals surface area contributed by atoms with E-state index in [9.17, 15) is 14.4 Å². The standard InChI is InChI=1S/C14H18O6/c1-9(2)11(15)19-14(20-12(16)10(3)4)7-5-6-8-18-13(14)17/h1,3,5-8H2,2,4H3. The van der Waals surface area contributed by atoms with Crippen molar-refractivity contribution in [3.63, 3.8) is 0 Å². The topological polar surface area (TPSA) is 78.9 Å². The smallest absolute Gasteiger partial charge is 0.393 e. The second-order valence-corrected chi connectivity index (χ2v) is 4.69. The number of esters is 3. The summed E-state index contributed by atoms with van der Waals surface area (Å²) in [6, 6.07) is 0. The lowest BCUT2D eigenvalue weighted by molar-refractivity contribution is -0.235. The first-order valence-electron chi connectivity index (χ1n) is 6.23. The minimum absolute atomic E-state index is 0.0455. The van der Waals surface area contributed by atoms with Gasteiger partial charge in [-0.15, -0.1) is 0 Å². The highest BCUT2D eigenvalue weighted by Gasteiger charge is 2.49. The fourth-order valence-corrected chi connectivity index (χ4v) is 1.52. The molecule has 20 heavy (non-hydrogen) atoms. The Bertz CT molecular complexity index is 434. The Balaban J connectivity index is 3.06. The summed E-state index contributed by atoms with van der Waals surface area (Å²) in [5.74, 6) is -4.58. The summed E-state index contributed by atoms with van der Waals surface area (Å²) >= 11 is 0. The van der Waals surface area contributed by atoms with Crippen molar-refractivity contribution in [2.45, 2.75) is 38.9 Å². The average molecular weight is 282 g/mol. The molecular formula is C14H18O6. The molecule has 0 amide bonds. The lowest BCUT2D eigenvalue weighted by atomic mass is 10.1. The van der Waals surface area contributed by atoms with Gasteiger partial charge >= 0.3 is 23.7 Å². The summed E-state index contributed by atoms with van der Waals surface area (Å²) in [6.45, 7) is 9.91. The SMILES string of the molecule is C=C(C)C(=O)OC1(OC(=O)C(=C)C)CCCCOC1=O. The van der Waals surface area contributed by atoms with E-state index in [1.165, 1.54) is 13.8 Å². The largest absolute Gasteiger partial charge is 0.460 e. The first kappa shape index (κ1) is 15.9. The number of rotatable bonds is 4. The molecule has 6 heteroatoms. The molecule has 0 saturated carbocycles. The lowest BCUT2D eigenvalue weighted by Crippen LogP contribution is -2.48. The molecule has 0 radical (unpaired) electrons. The second kappa shape index (κ2) is 6.36. The molecule has 0 bridgehead atoms. The van der Waals surface area contributed by atoms with Gasteiger partial charge in [-0.3, -0.25) is 0 Å². The number of ether oxygens (including phenoxy) is 3. The summed E-state index contributed by atoms with van der Waals surface area (Å²) in [7, 11) is 0. The molecule has 0 spiro atoms. The van der Waals surface area contributed by atoms with Gasteiger partial charge in [0.2, 0.25) is 0 Å². The maximum atomic E-state index is 12.0. The first-order valence-corrected chi connectivity index (χ1v) is 6.23. The van der Waals surface area contributed by atoms with Crippen LogP contribution in [0.2, 0.25) is 0 Å². The molecule has 0 aromatic rings. The van der Waals surface area contributed by atoms with E-state index >= 15 is 0 Å². The van der Waals surface area contributed by atoms with Gasteiger partial charge in [0.05, 0.1) is 6.61 Å². The van der Waals surface area contributed by atoms with Gasteiger partial charge in [-0.05, 0) is 26.7 Å². The van der Waals surface area contributed by atoms with E-state index in [0.29, 0.717) is 12.8 Å². The van der Waals surface area contributed by atoms with Crippen molar-refractivity contribution in [2.75, 3.05) is 6.61 Å². The number of hydrogen-bond donors (Lipinski definition) is 0. The van der Waals surface area contributed by atoms with Crippen molar-refractivity contribution in [1.82, 2.24) is 0 Å². The molecule has 1 saturated heterocycles. The van der Waals surface area contributed by atoms with Crippen LogP contribution < -0.4 is 0 Å². The molecule has 1 aliphatic heterocycles. The minimum atomic E-state index is -2.05. The highest BCUT2D eigenvalue weighted by Crippen LogP contribution is 2.28. The zero-order valence-corrected chi connectivity index (χ0v) is 11.7. The number of carbonyl (C=O) groups excluding carboxylic acids is 3. The number of cyclic esters (lactones) is 1. The van der Waals surface area contributed by atoms with Crippen LogP contribution in [0.25, 0.3) is 0 Å². The predicted molar refractivity (Wildman–Crippen MR) is 69.4 cm³/mol. The Hall–Kier alpha value is -2.11. The van der Waals surface area contributed by atoms with Crippen molar-refractivity contribution in [1.29, 1.82) is 0 Å². The summed E-state index contributed by atoms with van der Waals surface area (Å²) in [4.78, 5) is 35.4. The minimum Gasteiger partial charge on any atom is -0.460 e. The highest BCUT2D eigenvalue weighted by atomic mass is 16.8. The monoisotopic (exact) mass is 282 g/mol. The van der Waals surface area contributed by atoms with Crippen molar-refractivity contribution >= 4 is 17.9 Å². The van der Waals surface area contributed by atoms with E-state index in [0.717, 1.165) is 0 Å². The van der Waals surface area contributed by atoms with Gasteiger partial charge in [0.25, 0.3) is 0 Å². The van der Waals surface area contributed by atoms with Crippen LogP contribution in [0.1, 0.15) is 33.1 Å². The summed E-state index contributed by atoms with van der Waals surface area (Å²) < 4.78 is 15.0. The van der Waals surface area contributed by atoms with Gasteiger partial charge < -0.3 is 14.2 Å². The molecule has 0 aromatic heterocycles. The molecule has 0 atom stereocenters. The van der Waals surface area contributed by atoms with Crippen molar-refractivity contribution in [3.05, 3.63) is 24.3 Å². The number of carbonyl (C=O) groups is 3. The molecule has 0 N–H and O–H groups in total. The first-order chi connectivity index (χ1) is 9.28. The van der Waals surface area contributed by atoms with Gasteiger partial charge in [0.1, 0.15) is 0 Å². The summed E-state index contributed by atoms with van der Waals surface area (Å²) in [5, 5.41) is 0. The Morgan fingerprint density at radius 1 is 1.10 bits per heavy atom. The van der Waals surface area contributed by atoms with Gasteiger partial charge in [-0.2, -0.15) is 0 Å². The van der Waals surface area contributed by atoms with Crippen LogP contribution in [-0.4, -0.2) is 30.3 Å². The van der Waals surface area contributed by atoms with Crippen LogP contribution in [0, 0.1) is 0 Å². The van der Waals surface area contributed by atoms with Crippen LogP contribution in [0.15, 0.2) is 24.3 Å². The van der Waals surface area contributed by atoms with Crippen LogP contribution >= 0.6 is 0 Å². The third-order valence-corrected chi connectivity index (χ3v) is 2.66. The van der Waals surface area contributed by atoms with Crippen LogP contribution in [0.3, 0.4) is 0 Å². The predicted octanol–water partition coefficient (Wildman–Crippen LogP) is 1.65. The van der Waals surface area contributed by atoms with E-state index in [-0.39, 0.29) is 24.2 Å². The number of hydrogen-bond acceptors (Lipinski definition) is 6. The zero-order valence-electron chi connectivity index (χ0n) is 11.7. The zero-order chi connectivity index (χ0) is 15.3. The van der Waals surface area contributed by atoms with Crippen molar-refractivity contribution in [2.24, 2.45) is 0 Å². The van der Waals surface area contributed by atoms with Crippen molar-refractivity contribution < 1.29 is 28.6 Å². The van der Waals surface area contributed by atoms with E-state index < -0.39 is 23.7 Å². The van der Waals surface area contributed by atoms with Gasteiger partial charge in [-0.1, -0.05) is 13.2 Å². The molecule has 0 aliphatic carbocycles. The Morgan fingerprint density at radius 3 is 2.05 bits per heavy atom. The van der Waals surface area contributed by atoms with Crippen molar-refractivity contribution in [3.8, 4) is 0 Å². The third-order valence-electron chi connectivity index (χ3n) is 2.66. The van der Waals surface area contributed by atoms with Gasteiger partial charge in [-0.25, -0.2) is 14.4 Å². The van der Waals surface area contributed by atoms with Crippen LogP contribution in [0.5, 0.6) is 0 Å². The Morgan fingerprint density at radius 2 is 1.60 bits per heavy atom. The van der Waals surface area contributed by atoms with Crippen LogP contribution in [0.4, 0.5) is 0 Å². The second-order valence-electron chi connectivity index (χ2n) is 4.69. The fraction of sp³-hybridized carbons (Fsp3) is 0.500. The van der Waals surface area contributed by atoms with E-state index in [4.69, 9.17) is 14.2 Å². The summed E-state index contributed by atoms with van der Waals surface area (Å²) in [5.41, 5.74) is 0.181.